The topological polar surface area (TPSA) is 21.3 Å². The fourth-order valence-electron chi connectivity index (χ4n) is 9.64. The van der Waals surface area contributed by atoms with Gasteiger partial charge in [-0.05, 0) is 129 Å². The van der Waals surface area contributed by atoms with Gasteiger partial charge >= 0.3 is 0 Å². The van der Waals surface area contributed by atoms with Gasteiger partial charge in [0.15, 0.2) is 0 Å². The molecular formula is C55H38N2O. The summed E-state index contributed by atoms with van der Waals surface area (Å²) in [6.07, 6.45) is 0. The molecule has 0 N–H and O–H groups in total. The Morgan fingerprint density at radius 2 is 1.03 bits per heavy atom. The summed E-state index contributed by atoms with van der Waals surface area (Å²) in [6, 6.07) is 70.7. The van der Waals surface area contributed by atoms with Gasteiger partial charge in [0.2, 0.25) is 0 Å². The monoisotopic (exact) mass is 742 g/mol. The molecule has 0 saturated carbocycles. The van der Waals surface area contributed by atoms with E-state index < -0.39 is 0 Å². The number of para-hydroxylation sites is 3. The summed E-state index contributed by atoms with van der Waals surface area (Å²) < 4.78 is 8.68. The highest BCUT2D eigenvalue weighted by Crippen LogP contribution is 2.52. The molecule has 0 radical (unpaired) electrons. The van der Waals surface area contributed by atoms with E-state index in [1.807, 2.05) is 12.1 Å². The van der Waals surface area contributed by atoms with Crippen LogP contribution in [0.15, 0.2) is 199 Å². The zero-order valence-corrected chi connectivity index (χ0v) is 32.3. The van der Waals surface area contributed by atoms with Gasteiger partial charge in [-0.3, -0.25) is 0 Å². The first kappa shape index (κ1) is 32.8. The Bertz CT molecular complexity index is 3400. The molecule has 274 valence electrons. The Morgan fingerprint density at radius 1 is 0.414 bits per heavy atom. The Morgan fingerprint density at radius 3 is 1.83 bits per heavy atom. The first-order chi connectivity index (χ1) is 28.5. The first-order valence-corrected chi connectivity index (χ1v) is 20.1. The van der Waals surface area contributed by atoms with E-state index in [0.717, 1.165) is 44.7 Å². The van der Waals surface area contributed by atoms with E-state index in [2.05, 4.69) is 205 Å². The van der Waals surface area contributed by atoms with E-state index in [1.54, 1.807) is 0 Å². The third-order valence-electron chi connectivity index (χ3n) is 12.6. The largest absolute Gasteiger partial charge is 0.456 e. The molecular weight excluding hydrogens is 705 g/mol. The molecule has 3 nitrogen and oxygen atoms in total. The Hall–Kier alpha value is -7.36. The third kappa shape index (κ3) is 4.86. The molecule has 0 unspecified atom stereocenters. The summed E-state index contributed by atoms with van der Waals surface area (Å²) in [4.78, 5) is 2.38. The minimum atomic E-state index is -0.123. The van der Waals surface area contributed by atoms with E-state index in [0.29, 0.717) is 0 Å². The standard InChI is InChI=1S/C55H38N2O/c1-55(2)49-31-38-13-7-6-12-37(38)30-46(49)43-29-28-42(32-50(43)55)56(39-14-4-3-5-15-39)40-24-20-35(21-25-40)36-22-26-41(27-23-36)57-51-18-10-8-16-44(51)47-34-54-48(33-52(47)57)45-17-9-11-19-53(45)58-54/h3-34H,1-2H3. The number of benzene rings is 9. The van der Waals surface area contributed by atoms with Crippen LogP contribution in [0.1, 0.15) is 25.0 Å². The van der Waals surface area contributed by atoms with Gasteiger partial charge in [-0.1, -0.05) is 123 Å². The molecule has 58 heavy (non-hydrogen) atoms. The molecule has 9 aromatic carbocycles. The normalized spacial score (nSPS) is 13.1. The number of furan rings is 1. The first-order valence-electron chi connectivity index (χ1n) is 20.1. The summed E-state index contributed by atoms with van der Waals surface area (Å²) in [5.74, 6) is 0. The number of hydrogen-bond acceptors (Lipinski definition) is 2. The van der Waals surface area contributed by atoms with E-state index in [9.17, 15) is 0 Å². The Kier molecular flexibility index (Phi) is 6.98. The van der Waals surface area contributed by atoms with E-state index in [-0.39, 0.29) is 5.41 Å². The third-order valence-corrected chi connectivity index (χ3v) is 12.6. The summed E-state index contributed by atoms with van der Waals surface area (Å²) in [5, 5.41) is 7.25. The van der Waals surface area contributed by atoms with Gasteiger partial charge < -0.3 is 13.9 Å². The molecule has 11 aromatic rings. The van der Waals surface area contributed by atoms with Crippen LogP contribution in [0.3, 0.4) is 0 Å². The van der Waals surface area contributed by atoms with Crippen molar-refractivity contribution in [3.8, 4) is 27.9 Å². The number of hydrogen-bond donors (Lipinski definition) is 0. The molecule has 0 atom stereocenters. The molecule has 3 heteroatoms. The molecule has 0 amide bonds. The minimum absolute atomic E-state index is 0.123. The maximum absolute atomic E-state index is 6.30. The van der Waals surface area contributed by atoms with Crippen molar-refractivity contribution >= 4 is 71.6 Å². The fourth-order valence-corrected chi connectivity index (χ4v) is 9.64. The lowest BCUT2D eigenvalue weighted by Gasteiger charge is -2.28. The molecule has 2 aromatic heterocycles. The predicted molar refractivity (Wildman–Crippen MR) is 243 cm³/mol. The SMILES string of the molecule is CC1(C)c2cc(N(c3ccccc3)c3ccc(-c4ccc(-n5c6ccccc6c6cc7oc8ccccc8c7cc65)cc4)cc3)ccc2-c2cc3ccccc3cc21. The summed E-state index contributed by atoms with van der Waals surface area (Å²) in [6.45, 7) is 4.73. The minimum Gasteiger partial charge on any atom is -0.456 e. The Balaban J connectivity index is 0.912. The van der Waals surface area contributed by atoms with Crippen LogP contribution in [0, 0.1) is 0 Å². The zero-order valence-electron chi connectivity index (χ0n) is 32.3. The quantitative estimate of drug-likeness (QED) is 0.175. The molecule has 2 heterocycles. The fraction of sp³-hybridized carbons (Fsp3) is 0.0545. The molecule has 0 spiro atoms. The predicted octanol–water partition coefficient (Wildman–Crippen LogP) is 15.3. The van der Waals surface area contributed by atoms with Crippen molar-refractivity contribution in [2.75, 3.05) is 4.90 Å². The van der Waals surface area contributed by atoms with Gasteiger partial charge in [0.25, 0.3) is 0 Å². The second-order valence-corrected chi connectivity index (χ2v) is 16.2. The molecule has 0 bridgehead atoms. The lowest BCUT2D eigenvalue weighted by Crippen LogP contribution is -2.16. The maximum Gasteiger partial charge on any atom is 0.136 e. The Labute approximate surface area is 336 Å². The number of aromatic nitrogens is 1. The highest BCUT2D eigenvalue weighted by atomic mass is 16.3. The van der Waals surface area contributed by atoms with Gasteiger partial charge in [0.05, 0.1) is 11.0 Å². The van der Waals surface area contributed by atoms with Gasteiger partial charge in [0, 0.05) is 49.7 Å². The van der Waals surface area contributed by atoms with E-state index >= 15 is 0 Å². The van der Waals surface area contributed by atoms with Crippen molar-refractivity contribution in [1.29, 1.82) is 0 Å². The van der Waals surface area contributed by atoms with Crippen molar-refractivity contribution in [2.45, 2.75) is 19.3 Å². The highest BCUT2D eigenvalue weighted by molar-refractivity contribution is 6.17. The van der Waals surface area contributed by atoms with Crippen LogP contribution in [0.5, 0.6) is 0 Å². The lowest BCUT2D eigenvalue weighted by molar-refractivity contribution is 0.661. The van der Waals surface area contributed by atoms with Crippen molar-refractivity contribution in [1.82, 2.24) is 4.57 Å². The van der Waals surface area contributed by atoms with Crippen LogP contribution < -0.4 is 4.90 Å². The van der Waals surface area contributed by atoms with Crippen LogP contribution >= 0.6 is 0 Å². The van der Waals surface area contributed by atoms with Crippen molar-refractivity contribution in [2.24, 2.45) is 0 Å². The molecule has 0 fully saturated rings. The summed E-state index contributed by atoms with van der Waals surface area (Å²) in [5.41, 5.74) is 16.4. The molecule has 0 saturated heterocycles. The molecule has 1 aliphatic carbocycles. The van der Waals surface area contributed by atoms with Crippen molar-refractivity contribution in [3.63, 3.8) is 0 Å². The van der Waals surface area contributed by atoms with Gasteiger partial charge in [-0.15, -0.1) is 0 Å². The van der Waals surface area contributed by atoms with Gasteiger partial charge in [0.1, 0.15) is 11.2 Å². The summed E-state index contributed by atoms with van der Waals surface area (Å²) >= 11 is 0. The highest BCUT2D eigenvalue weighted by Gasteiger charge is 2.36. The molecule has 0 aliphatic heterocycles. The number of nitrogens with zero attached hydrogens (tertiary/aromatic N) is 2. The van der Waals surface area contributed by atoms with E-state index in [1.165, 1.54) is 66.0 Å². The second kappa shape index (κ2) is 12.3. The van der Waals surface area contributed by atoms with Crippen molar-refractivity contribution < 1.29 is 4.42 Å². The van der Waals surface area contributed by atoms with Crippen molar-refractivity contribution in [3.05, 3.63) is 205 Å². The smallest absolute Gasteiger partial charge is 0.136 e. The maximum atomic E-state index is 6.30. The number of anilines is 3. The summed E-state index contributed by atoms with van der Waals surface area (Å²) in [7, 11) is 0. The van der Waals surface area contributed by atoms with Crippen LogP contribution in [0.25, 0.3) is 82.5 Å². The number of rotatable bonds is 5. The van der Waals surface area contributed by atoms with Crippen LogP contribution in [-0.4, -0.2) is 4.57 Å². The zero-order chi connectivity index (χ0) is 38.5. The van der Waals surface area contributed by atoms with E-state index in [4.69, 9.17) is 4.42 Å². The molecule has 1 aliphatic rings. The van der Waals surface area contributed by atoms with Gasteiger partial charge in [-0.2, -0.15) is 0 Å². The average Bonchev–Trinajstić information content (AvgIpc) is 3.87. The average molecular weight is 743 g/mol. The lowest BCUT2D eigenvalue weighted by atomic mass is 9.81. The van der Waals surface area contributed by atoms with Crippen LogP contribution in [0.4, 0.5) is 17.1 Å². The molecule has 12 rings (SSSR count). The number of fused-ring (bicyclic) bond motifs is 10. The second-order valence-electron chi connectivity index (χ2n) is 16.2. The van der Waals surface area contributed by atoms with Gasteiger partial charge in [-0.25, -0.2) is 0 Å². The van der Waals surface area contributed by atoms with Crippen LogP contribution in [0.2, 0.25) is 0 Å². The van der Waals surface area contributed by atoms with Crippen LogP contribution in [-0.2, 0) is 5.41 Å².